The van der Waals surface area contributed by atoms with Crippen LogP contribution in [0.3, 0.4) is 0 Å². The first-order valence-electron chi connectivity index (χ1n) is 6.33. The fraction of sp³-hybridized carbons (Fsp3) is 0.385. The van der Waals surface area contributed by atoms with Gasteiger partial charge in [0.05, 0.1) is 6.04 Å². The Kier molecular flexibility index (Phi) is 4.56. The molecule has 8 heteroatoms. The molecule has 0 spiro atoms. The first-order chi connectivity index (χ1) is 9.99. The Morgan fingerprint density at radius 1 is 1.33 bits per heavy atom. The molecule has 0 aliphatic carbocycles. The van der Waals surface area contributed by atoms with E-state index >= 15 is 0 Å². The first kappa shape index (κ1) is 15.0. The minimum absolute atomic E-state index is 0.0859. The largest absolute Gasteiger partial charge is 0.484 e. The van der Waals surface area contributed by atoms with Crippen molar-refractivity contribution >= 4 is 11.9 Å². The van der Waals surface area contributed by atoms with Crippen LogP contribution in [-0.4, -0.2) is 49.6 Å². The fourth-order valence-corrected chi connectivity index (χ4v) is 1.83. The maximum atomic E-state index is 12.9. The molecule has 114 valence electrons. The minimum atomic E-state index is -1.03. The minimum Gasteiger partial charge on any atom is -0.484 e. The Labute approximate surface area is 120 Å². The van der Waals surface area contributed by atoms with Crippen LogP contribution in [0.2, 0.25) is 0 Å². The van der Waals surface area contributed by atoms with Crippen LogP contribution >= 0.6 is 0 Å². The molecule has 0 atom stereocenters. The Morgan fingerprint density at radius 3 is 2.67 bits per heavy atom. The average molecular weight is 299 g/mol. The summed E-state index contributed by atoms with van der Waals surface area (Å²) in [6.07, 6.45) is 0. The van der Waals surface area contributed by atoms with Gasteiger partial charge in [-0.15, -0.1) is 0 Å². The summed E-state index contributed by atoms with van der Waals surface area (Å²) in [5, 5.41) is 5.08. The number of carbonyl (C=O) groups is 2. The molecule has 3 amide bonds. The molecule has 2 rings (SSSR count). The van der Waals surface area contributed by atoms with Gasteiger partial charge in [-0.1, -0.05) is 0 Å². The van der Waals surface area contributed by atoms with Crippen molar-refractivity contribution in [2.45, 2.75) is 6.04 Å². The summed E-state index contributed by atoms with van der Waals surface area (Å²) in [6.45, 7) is 0.526. The van der Waals surface area contributed by atoms with Crippen molar-refractivity contribution in [2.75, 3.05) is 26.7 Å². The van der Waals surface area contributed by atoms with Crippen LogP contribution in [0.4, 0.5) is 13.6 Å². The Bertz CT molecular complexity index is 547. The predicted molar refractivity (Wildman–Crippen MR) is 69.8 cm³/mol. The summed E-state index contributed by atoms with van der Waals surface area (Å²) in [6, 6.07) is 2.68. The van der Waals surface area contributed by atoms with Gasteiger partial charge >= 0.3 is 6.03 Å². The lowest BCUT2D eigenvalue weighted by Crippen LogP contribution is -2.62. The highest BCUT2D eigenvalue weighted by Gasteiger charge is 2.31. The molecule has 0 unspecified atom stereocenters. The van der Waals surface area contributed by atoms with Gasteiger partial charge in [0.2, 0.25) is 0 Å². The summed E-state index contributed by atoms with van der Waals surface area (Å²) in [7, 11) is 1.51. The average Bonchev–Trinajstić information content (AvgIpc) is 2.43. The lowest BCUT2D eigenvalue weighted by Gasteiger charge is -2.39. The second kappa shape index (κ2) is 6.38. The number of rotatable bonds is 4. The van der Waals surface area contributed by atoms with Gasteiger partial charge in [0, 0.05) is 26.2 Å². The highest BCUT2D eigenvalue weighted by atomic mass is 19.2. The highest BCUT2D eigenvalue weighted by Crippen LogP contribution is 2.16. The quantitative estimate of drug-likeness (QED) is 0.850. The maximum absolute atomic E-state index is 12.9. The third kappa shape index (κ3) is 3.80. The van der Waals surface area contributed by atoms with Crippen molar-refractivity contribution in [1.82, 2.24) is 15.5 Å². The number of ether oxygens (including phenoxy) is 1. The van der Waals surface area contributed by atoms with Crippen molar-refractivity contribution in [3.63, 3.8) is 0 Å². The second-order valence-electron chi connectivity index (χ2n) is 4.58. The molecule has 1 aliphatic rings. The Hall–Kier alpha value is -2.38. The standard InChI is InChI=1S/C13H15F2N3O3/c1-16-13(20)17-8-5-18(6-8)12(19)7-21-9-2-3-10(14)11(15)4-9/h2-4,8H,5-7H2,1H3,(H2,16,17,20). The van der Waals surface area contributed by atoms with Gasteiger partial charge in [-0.25, -0.2) is 13.6 Å². The molecule has 1 heterocycles. The number of carbonyl (C=O) groups excluding carboxylic acids is 2. The molecule has 6 nitrogen and oxygen atoms in total. The van der Waals surface area contributed by atoms with Crippen molar-refractivity contribution in [2.24, 2.45) is 0 Å². The molecular weight excluding hydrogens is 284 g/mol. The number of halogens is 2. The normalized spacial score (nSPS) is 14.3. The van der Waals surface area contributed by atoms with E-state index in [4.69, 9.17) is 4.74 Å². The summed E-state index contributed by atoms with van der Waals surface area (Å²) in [5.41, 5.74) is 0. The topological polar surface area (TPSA) is 70.7 Å². The lowest BCUT2D eigenvalue weighted by molar-refractivity contribution is -0.138. The van der Waals surface area contributed by atoms with E-state index in [0.717, 1.165) is 12.1 Å². The van der Waals surface area contributed by atoms with Gasteiger partial charge in [-0.3, -0.25) is 4.79 Å². The van der Waals surface area contributed by atoms with Crippen LogP contribution in [0, 0.1) is 11.6 Å². The number of benzene rings is 1. The Balaban J connectivity index is 1.74. The van der Waals surface area contributed by atoms with E-state index in [-0.39, 0.29) is 30.3 Å². The molecule has 1 saturated heterocycles. The van der Waals surface area contributed by atoms with E-state index in [1.165, 1.54) is 18.0 Å². The number of nitrogens with one attached hydrogen (secondary N) is 2. The number of amides is 3. The molecule has 1 fully saturated rings. The molecule has 1 aromatic carbocycles. The van der Waals surface area contributed by atoms with Crippen molar-refractivity contribution < 1.29 is 23.1 Å². The van der Waals surface area contributed by atoms with Crippen molar-refractivity contribution in [3.8, 4) is 5.75 Å². The Morgan fingerprint density at radius 2 is 2.05 bits per heavy atom. The van der Waals surface area contributed by atoms with Gasteiger partial charge < -0.3 is 20.3 Å². The zero-order chi connectivity index (χ0) is 15.4. The van der Waals surface area contributed by atoms with E-state index in [9.17, 15) is 18.4 Å². The van der Waals surface area contributed by atoms with Gasteiger partial charge in [-0.05, 0) is 12.1 Å². The molecule has 2 N–H and O–H groups in total. The van der Waals surface area contributed by atoms with Gasteiger partial charge in [0.1, 0.15) is 5.75 Å². The molecule has 1 aliphatic heterocycles. The highest BCUT2D eigenvalue weighted by molar-refractivity contribution is 5.79. The third-order valence-corrected chi connectivity index (χ3v) is 3.05. The number of nitrogens with zero attached hydrogens (tertiary/aromatic N) is 1. The summed E-state index contributed by atoms with van der Waals surface area (Å²) in [4.78, 5) is 24.3. The molecule has 0 radical (unpaired) electrons. The third-order valence-electron chi connectivity index (χ3n) is 3.05. The number of hydrogen-bond donors (Lipinski definition) is 2. The molecule has 0 aromatic heterocycles. The zero-order valence-corrected chi connectivity index (χ0v) is 11.4. The van der Waals surface area contributed by atoms with E-state index in [1.807, 2.05) is 0 Å². The second-order valence-corrected chi connectivity index (χ2v) is 4.58. The van der Waals surface area contributed by atoms with Crippen LogP contribution in [0.25, 0.3) is 0 Å². The maximum Gasteiger partial charge on any atom is 0.314 e. The summed E-state index contributed by atoms with van der Waals surface area (Å²) < 4.78 is 30.8. The molecule has 21 heavy (non-hydrogen) atoms. The fourth-order valence-electron chi connectivity index (χ4n) is 1.83. The van der Waals surface area contributed by atoms with Crippen LogP contribution in [0.15, 0.2) is 18.2 Å². The molecule has 0 saturated carbocycles. The van der Waals surface area contributed by atoms with E-state index < -0.39 is 11.6 Å². The molecule has 1 aromatic rings. The first-order valence-corrected chi connectivity index (χ1v) is 6.33. The number of urea groups is 1. The number of likely N-dealkylation sites (tertiary alicyclic amines) is 1. The van der Waals surface area contributed by atoms with Crippen LogP contribution < -0.4 is 15.4 Å². The van der Waals surface area contributed by atoms with E-state index in [2.05, 4.69) is 10.6 Å². The van der Waals surface area contributed by atoms with Crippen molar-refractivity contribution in [3.05, 3.63) is 29.8 Å². The monoisotopic (exact) mass is 299 g/mol. The van der Waals surface area contributed by atoms with Crippen LogP contribution in [-0.2, 0) is 4.79 Å². The van der Waals surface area contributed by atoms with Crippen molar-refractivity contribution in [1.29, 1.82) is 0 Å². The SMILES string of the molecule is CNC(=O)NC1CN(C(=O)COc2ccc(F)c(F)c2)C1. The van der Waals surface area contributed by atoms with Crippen LogP contribution in [0.1, 0.15) is 0 Å². The predicted octanol–water partition coefficient (Wildman–Crippen LogP) is 0.483. The molecule has 0 bridgehead atoms. The van der Waals surface area contributed by atoms with Gasteiger partial charge in [0.25, 0.3) is 5.91 Å². The zero-order valence-electron chi connectivity index (χ0n) is 11.4. The van der Waals surface area contributed by atoms with Gasteiger partial charge in [-0.2, -0.15) is 0 Å². The van der Waals surface area contributed by atoms with E-state index in [1.54, 1.807) is 0 Å². The number of hydrogen-bond acceptors (Lipinski definition) is 3. The summed E-state index contributed by atoms with van der Waals surface area (Å²) >= 11 is 0. The molecular formula is C13H15F2N3O3. The van der Waals surface area contributed by atoms with Crippen LogP contribution in [0.5, 0.6) is 5.75 Å². The van der Waals surface area contributed by atoms with Gasteiger partial charge in [0.15, 0.2) is 18.2 Å². The smallest absolute Gasteiger partial charge is 0.314 e. The summed E-state index contributed by atoms with van der Waals surface area (Å²) in [5.74, 6) is -2.20. The lowest BCUT2D eigenvalue weighted by atomic mass is 10.1. The van der Waals surface area contributed by atoms with E-state index in [0.29, 0.717) is 13.1 Å².